The quantitative estimate of drug-likeness (QED) is 0.734. The van der Waals surface area contributed by atoms with Crippen LogP contribution in [-0.2, 0) is 0 Å². The van der Waals surface area contributed by atoms with Gasteiger partial charge >= 0.3 is 0 Å². The maximum Gasteiger partial charge on any atom is 0.00160 e. The fraction of sp³-hybridized carbons (Fsp3) is 1.00. The fourth-order valence-corrected chi connectivity index (χ4v) is 2.83. The number of rotatable bonds is 5. The molecule has 1 saturated heterocycles. The predicted molar refractivity (Wildman–Crippen MR) is 62.4 cm³/mol. The maximum atomic E-state index is 3.48. The first-order valence-corrected chi connectivity index (χ1v) is 6.70. The maximum absolute atomic E-state index is 3.48. The SMILES string of the molecule is CCC(C)SCCC1CCCNC1. The third-order valence-electron chi connectivity index (χ3n) is 2.90. The van der Waals surface area contributed by atoms with Crippen molar-refractivity contribution in [2.45, 2.75) is 44.8 Å². The van der Waals surface area contributed by atoms with Gasteiger partial charge in [0.15, 0.2) is 0 Å². The molecule has 1 fully saturated rings. The van der Waals surface area contributed by atoms with Crippen LogP contribution in [0, 0.1) is 5.92 Å². The summed E-state index contributed by atoms with van der Waals surface area (Å²) >= 11 is 2.14. The Morgan fingerprint density at radius 2 is 2.38 bits per heavy atom. The van der Waals surface area contributed by atoms with Crippen LogP contribution in [0.5, 0.6) is 0 Å². The van der Waals surface area contributed by atoms with Crippen LogP contribution in [0.25, 0.3) is 0 Å². The number of nitrogens with one attached hydrogen (secondary N) is 1. The van der Waals surface area contributed by atoms with Gasteiger partial charge in [0.1, 0.15) is 0 Å². The summed E-state index contributed by atoms with van der Waals surface area (Å²) in [6, 6.07) is 0. The van der Waals surface area contributed by atoms with Crippen molar-refractivity contribution in [1.82, 2.24) is 5.32 Å². The van der Waals surface area contributed by atoms with Crippen LogP contribution in [-0.4, -0.2) is 24.1 Å². The molecule has 0 aromatic heterocycles. The Kier molecular flexibility index (Phi) is 5.88. The van der Waals surface area contributed by atoms with E-state index in [1.54, 1.807) is 0 Å². The van der Waals surface area contributed by atoms with Crippen LogP contribution in [0.1, 0.15) is 39.5 Å². The molecule has 1 aliphatic rings. The molecule has 0 saturated carbocycles. The molecular weight excluding hydrogens is 178 g/mol. The molecule has 0 aliphatic carbocycles. The van der Waals surface area contributed by atoms with Crippen molar-refractivity contribution in [3.8, 4) is 0 Å². The van der Waals surface area contributed by atoms with Crippen molar-refractivity contribution in [2.24, 2.45) is 5.92 Å². The molecule has 0 aromatic carbocycles. The zero-order valence-electron chi connectivity index (χ0n) is 9.01. The monoisotopic (exact) mass is 201 g/mol. The van der Waals surface area contributed by atoms with E-state index in [4.69, 9.17) is 0 Å². The Morgan fingerprint density at radius 3 is 3.00 bits per heavy atom. The summed E-state index contributed by atoms with van der Waals surface area (Å²) in [5.74, 6) is 2.33. The van der Waals surface area contributed by atoms with Gasteiger partial charge in [0, 0.05) is 5.25 Å². The first-order valence-electron chi connectivity index (χ1n) is 5.65. The van der Waals surface area contributed by atoms with Crippen molar-refractivity contribution in [3.05, 3.63) is 0 Å². The Balaban J connectivity index is 1.98. The van der Waals surface area contributed by atoms with Crippen molar-refractivity contribution < 1.29 is 0 Å². The lowest BCUT2D eigenvalue weighted by Gasteiger charge is -2.22. The molecule has 0 radical (unpaired) electrons. The van der Waals surface area contributed by atoms with Crippen LogP contribution in [0.2, 0.25) is 0 Å². The van der Waals surface area contributed by atoms with E-state index in [1.807, 2.05) is 0 Å². The van der Waals surface area contributed by atoms with E-state index in [0.29, 0.717) is 0 Å². The van der Waals surface area contributed by atoms with Crippen molar-refractivity contribution >= 4 is 11.8 Å². The van der Waals surface area contributed by atoms with Gasteiger partial charge in [0.25, 0.3) is 0 Å². The highest BCUT2D eigenvalue weighted by Gasteiger charge is 2.12. The number of hydrogen-bond acceptors (Lipinski definition) is 2. The smallest absolute Gasteiger partial charge is 0.00160 e. The van der Waals surface area contributed by atoms with Crippen molar-refractivity contribution in [3.63, 3.8) is 0 Å². The predicted octanol–water partition coefficient (Wildman–Crippen LogP) is 2.91. The van der Waals surface area contributed by atoms with Gasteiger partial charge in [-0.15, -0.1) is 0 Å². The van der Waals surface area contributed by atoms with E-state index in [0.717, 1.165) is 11.2 Å². The molecule has 0 spiro atoms. The average Bonchev–Trinajstić information content (AvgIpc) is 2.19. The minimum absolute atomic E-state index is 0.858. The van der Waals surface area contributed by atoms with E-state index < -0.39 is 0 Å². The molecule has 2 unspecified atom stereocenters. The van der Waals surface area contributed by atoms with Crippen LogP contribution in [0.15, 0.2) is 0 Å². The van der Waals surface area contributed by atoms with Gasteiger partial charge in [-0.2, -0.15) is 11.8 Å². The molecule has 78 valence electrons. The van der Waals surface area contributed by atoms with E-state index in [9.17, 15) is 0 Å². The molecule has 1 aliphatic heterocycles. The summed E-state index contributed by atoms with van der Waals surface area (Å²) in [6.07, 6.45) is 5.57. The first kappa shape index (κ1) is 11.4. The number of hydrogen-bond donors (Lipinski definition) is 1. The summed E-state index contributed by atoms with van der Waals surface area (Å²) in [5.41, 5.74) is 0. The van der Waals surface area contributed by atoms with Crippen LogP contribution in [0.4, 0.5) is 0 Å². The highest BCUT2D eigenvalue weighted by atomic mass is 32.2. The van der Waals surface area contributed by atoms with Gasteiger partial charge in [-0.25, -0.2) is 0 Å². The Hall–Kier alpha value is 0.310. The van der Waals surface area contributed by atoms with Gasteiger partial charge in [-0.05, 0) is 50.4 Å². The number of piperidine rings is 1. The van der Waals surface area contributed by atoms with E-state index >= 15 is 0 Å². The molecular formula is C11H23NS. The minimum atomic E-state index is 0.858. The lowest BCUT2D eigenvalue weighted by Crippen LogP contribution is -2.30. The second-order valence-corrected chi connectivity index (χ2v) is 5.64. The highest BCUT2D eigenvalue weighted by molar-refractivity contribution is 7.99. The van der Waals surface area contributed by atoms with E-state index in [-0.39, 0.29) is 0 Å². The summed E-state index contributed by atoms with van der Waals surface area (Å²) in [4.78, 5) is 0. The third-order valence-corrected chi connectivity index (χ3v) is 4.28. The Morgan fingerprint density at radius 1 is 1.54 bits per heavy atom. The Bertz CT molecular complexity index is 121. The molecule has 2 heteroatoms. The van der Waals surface area contributed by atoms with E-state index in [2.05, 4.69) is 30.9 Å². The molecule has 13 heavy (non-hydrogen) atoms. The summed E-state index contributed by atoms with van der Waals surface area (Å²) in [7, 11) is 0. The summed E-state index contributed by atoms with van der Waals surface area (Å²) in [5, 5.41) is 4.34. The second-order valence-electron chi connectivity index (χ2n) is 4.09. The van der Waals surface area contributed by atoms with Crippen LogP contribution < -0.4 is 5.32 Å². The standard InChI is InChI=1S/C11H23NS/c1-3-10(2)13-8-6-11-5-4-7-12-9-11/h10-12H,3-9H2,1-2H3. The average molecular weight is 201 g/mol. The van der Waals surface area contributed by atoms with Crippen LogP contribution >= 0.6 is 11.8 Å². The molecule has 0 aromatic rings. The first-order chi connectivity index (χ1) is 6.33. The van der Waals surface area contributed by atoms with E-state index in [1.165, 1.54) is 44.5 Å². The van der Waals surface area contributed by atoms with Gasteiger partial charge in [0.2, 0.25) is 0 Å². The summed E-state index contributed by atoms with van der Waals surface area (Å²) in [6.45, 7) is 7.12. The molecule has 1 nitrogen and oxygen atoms in total. The lowest BCUT2D eigenvalue weighted by molar-refractivity contribution is 0.371. The van der Waals surface area contributed by atoms with Gasteiger partial charge in [0.05, 0.1) is 0 Å². The van der Waals surface area contributed by atoms with Gasteiger partial charge in [-0.1, -0.05) is 13.8 Å². The minimum Gasteiger partial charge on any atom is -0.316 e. The molecule has 1 N–H and O–H groups in total. The zero-order chi connectivity index (χ0) is 9.52. The summed E-state index contributed by atoms with van der Waals surface area (Å²) < 4.78 is 0. The van der Waals surface area contributed by atoms with Gasteiger partial charge in [-0.3, -0.25) is 0 Å². The molecule has 1 heterocycles. The lowest BCUT2D eigenvalue weighted by atomic mass is 9.97. The van der Waals surface area contributed by atoms with Gasteiger partial charge < -0.3 is 5.32 Å². The third kappa shape index (κ3) is 4.92. The molecule has 0 bridgehead atoms. The van der Waals surface area contributed by atoms with Crippen molar-refractivity contribution in [2.75, 3.05) is 18.8 Å². The fourth-order valence-electron chi connectivity index (χ4n) is 1.72. The van der Waals surface area contributed by atoms with Crippen LogP contribution in [0.3, 0.4) is 0 Å². The molecule has 0 amide bonds. The van der Waals surface area contributed by atoms with Crippen molar-refractivity contribution in [1.29, 1.82) is 0 Å². The Labute approximate surface area is 87.1 Å². The molecule has 2 atom stereocenters. The molecule has 1 rings (SSSR count). The largest absolute Gasteiger partial charge is 0.316 e. The second kappa shape index (κ2) is 6.72. The highest BCUT2D eigenvalue weighted by Crippen LogP contribution is 2.20. The number of thioether (sulfide) groups is 1. The zero-order valence-corrected chi connectivity index (χ0v) is 9.83. The topological polar surface area (TPSA) is 12.0 Å². The normalized spacial score (nSPS) is 25.8.